The molecule has 7 heteroatoms. The molecule has 2 aromatic rings. The minimum absolute atomic E-state index is 0.00810. The molecule has 2 amide bonds. The zero-order chi connectivity index (χ0) is 23.5. The van der Waals surface area contributed by atoms with E-state index in [0.717, 1.165) is 17.0 Å². The van der Waals surface area contributed by atoms with Crippen molar-refractivity contribution in [2.24, 2.45) is 5.92 Å². The van der Waals surface area contributed by atoms with E-state index in [1.165, 1.54) is 0 Å². The van der Waals surface area contributed by atoms with Gasteiger partial charge in [0.1, 0.15) is 11.5 Å². The van der Waals surface area contributed by atoms with Crippen molar-refractivity contribution in [3.05, 3.63) is 54.1 Å². The molecule has 0 aliphatic carbocycles. The summed E-state index contributed by atoms with van der Waals surface area (Å²) in [7, 11) is 3.23. The molecule has 2 aromatic carbocycles. The lowest BCUT2D eigenvalue weighted by Gasteiger charge is -2.44. The molecule has 2 fully saturated rings. The fourth-order valence-corrected chi connectivity index (χ4v) is 4.97. The van der Waals surface area contributed by atoms with Crippen LogP contribution in [0.4, 0.5) is 5.69 Å². The predicted octanol–water partition coefficient (Wildman–Crippen LogP) is 3.82. The Morgan fingerprint density at radius 2 is 1.45 bits per heavy atom. The van der Waals surface area contributed by atoms with E-state index in [0.29, 0.717) is 31.7 Å². The number of amides is 2. The molecule has 4 rings (SSSR count). The normalized spacial score (nSPS) is 25.6. The maximum Gasteiger partial charge on any atom is 0.228 e. The Bertz CT molecular complexity index is 965. The Labute approximate surface area is 195 Å². The van der Waals surface area contributed by atoms with E-state index in [9.17, 15) is 9.59 Å². The molecule has 0 saturated carbocycles. The number of hydrogen-bond acceptors (Lipinski definition) is 5. The second-order valence-electron chi connectivity index (χ2n) is 8.83. The van der Waals surface area contributed by atoms with Gasteiger partial charge in [-0.05, 0) is 62.2 Å². The van der Waals surface area contributed by atoms with Crippen molar-refractivity contribution < 1.29 is 23.8 Å². The van der Waals surface area contributed by atoms with Crippen LogP contribution < -0.4 is 14.4 Å². The first-order valence-corrected chi connectivity index (χ1v) is 11.5. The lowest BCUT2D eigenvalue weighted by atomic mass is 9.82. The number of morpholine rings is 1. The van der Waals surface area contributed by atoms with Gasteiger partial charge in [-0.15, -0.1) is 0 Å². The van der Waals surface area contributed by atoms with Crippen LogP contribution in [-0.4, -0.2) is 56.2 Å². The average Bonchev–Trinajstić information content (AvgIpc) is 2.83. The standard InChI is InChI=1S/C26H32N2O5/c1-17-15-27(16-18(2)33-17)26(30)23-13-14-24(29)28(20-7-11-22(32-4)12-8-20)25(23)19-5-9-21(31-3)10-6-19/h5-12,17-18,23,25H,13-16H2,1-4H3/t17-,18+,23-,25-/m1/s1. The fourth-order valence-electron chi connectivity index (χ4n) is 4.97. The molecule has 7 nitrogen and oxygen atoms in total. The first-order chi connectivity index (χ1) is 15.9. The number of methoxy groups -OCH3 is 2. The SMILES string of the molecule is COc1ccc([C@@H]2[C@H](C(=O)N3C[C@@H](C)O[C@@H](C)C3)CCC(=O)N2c2ccc(OC)cc2)cc1. The number of carbonyl (C=O) groups is 2. The molecular formula is C26H32N2O5. The van der Waals surface area contributed by atoms with Crippen LogP contribution in [0.2, 0.25) is 0 Å². The number of ether oxygens (including phenoxy) is 3. The Morgan fingerprint density at radius 3 is 2.00 bits per heavy atom. The molecule has 0 bridgehead atoms. The number of carbonyl (C=O) groups excluding carboxylic acids is 2. The van der Waals surface area contributed by atoms with Gasteiger partial charge in [0.05, 0.1) is 38.4 Å². The van der Waals surface area contributed by atoms with Crippen molar-refractivity contribution in [3.8, 4) is 11.5 Å². The summed E-state index contributed by atoms with van der Waals surface area (Å²) in [6.07, 6.45) is 0.811. The molecular weight excluding hydrogens is 420 g/mol. The van der Waals surface area contributed by atoms with Crippen LogP contribution >= 0.6 is 0 Å². The van der Waals surface area contributed by atoms with Gasteiger partial charge in [-0.1, -0.05) is 12.1 Å². The van der Waals surface area contributed by atoms with E-state index >= 15 is 0 Å². The summed E-state index contributed by atoms with van der Waals surface area (Å²) < 4.78 is 16.4. The Morgan fingerprint density at radius 1 is 0.909 bits per heavy atom. The van der Waals surface area contributed by atoms with E-state index in [1.807, 2.05) is 67.3 Å². The highest BCUT2D eigenvalue weighted by atomic mass is 16.5. The summed E-state index contributed by atoms with van der Waals surface area (Å²) >= 11 is 0. The van der Waals surface area contributed by atoms with Crippen molar-refractivity contribution in [2.75, 3.05) is 32.2 Å². The molecule has 176 valence electrons. The highest BCUT2D eigenvalue weighted by Crippen LogP contribution is 2.41. The lowest BCUT2D eigenvalue weighted by Crippen LogP contribution is -2.54. The zero-order valence-electron chi connectivity index (χ0n) is 19.7. The Hall–Kier alpha value is -3.06. The third kappa shape index (κ3) is 4.83. The number of hydrogen-bond donors (Lipinski definition) is 0. The van der Waals surface area contributed by atoms with Crippen LogP contribution in [0.1, 0.15) is 38.3 Å². The first-order valence-electron chi connectivity index (χ1n) is 11.5. The van der Waals surface area contributed by atoms with Crippen LogP contribution in [0.3, 0.4) is 0 Å². The summed E-state index contributed by atoms with van der Waals surface area (Å²) in [4.78, 5) is 30.7. The van der Waals surface area contributed by atoms with Gasteiger partial charge in [0.2, 0.25) is 11.8 Å². The van der Waals surface area contributed by atoms with Crippen molar-refractivity contribution in [1.82, 2.24) is 4.90 Å². The smallest absolute Gasteiger partial charge is 0.228 e. The molecule has 2 heterocycles. The van der Waals surface area contributed by atoms with E-state index < -0.39 is 6.04 Å². The maximum atomic E-state index is 13.8. The molecule has 0 spiro atoms. The van der Waals surface area contributed by atoms with Gasteiger partial charge in [-0.25, -0.2) is 0 Å². The minimum Gasteiger partial charge on any atom is -0.497 e. The van der Waals surface area contributed by atoms with E-state index in [1.54, 1.807) is 19.1 Å². The van der Waals surface area contributed by atoms with Crippen LogP contribution in [0, 0.1) is 5.92 Å². The summed E-state index contributed by atoms with van der Waals surface area (Å²) in [5, 5.41) is 0. The van der Waals surface area contributed by atoms with Crippen LogP contribution in [0.15, 0.2) is 48.5 Å². The van der Waals surface area contributed by atoms with E-state index in [-0.39, 0.29) is 29.9 Å². The van der Waals surface area contributed by atoms with Gasteiger partial charge in [-0.2, -0.15) is 0 Å². The summed E-state index contributed by atoms with van der Waals surface area (Å²) in [6.45, 7) is 5.10. The lowest BCUT2D eigenvalue weighted by molar-refractivity contribution is -0.149. The number of benzene rings is 2. The van der Waals surface area contributed by atoms with Crippen LogP contribution in [-0.2, 0) is 14.3 Å². The number of piperidine rings is 1. The summed E-state index contributed by atoms with van der Waals surface area (Å²) in [5.41, 5.74) is 1.66. The molecule has 2 aliphatic rings. The monoisotopic (exact) mass is 452 g/mol. The Balaban J connectivity index is 1.73. The third-order valence-electron chi connectivity index (χ3n) is 6.45. The largest absolute Gasteiger partial charge is 0.497 e. The third-order valence-corrected chi connectivity index (χ3v) is 6.45. The van der Waals surface area contributed by atoms with Gasteiger partial charge in [0.15, 0.2) is 0 Å². The van der Waals surface area contributed by atoms with Crippen LogP contribution in [0.5, 0.6) is 11.5 Å². The number of rotatable bonds is 5. The maximum absolute atomic E-state index is 13.8. The van der Waals surface area contributed by atoms with Crippen molar-refractivity contribution >= 4 is 17.5 Å². The number of nitrogens with zero attached hydrogens (tertiary/aromatic N) is 2. The molecule has 2 aliphatic heterocycles. The van der Waals surface area contributed by atoms with Gasteiger partial charge < -0.3 is 24.0 Å². The van der Waals surface area contributed by atoms with E-state index in [4.69, 9.17) is 14.2 Å². The average molecular weight is 453 g/mol. The van der Waals surface area contributed by atoms with Gasteiger partial charge in [0, 0.05) is 25.2 Å². The van der Waals surface area contributed by atoms with Gasteiger partial charge in [0.25, 0.3) is 0 Å². The van der Waals surface area contributed by atoms with Gasteiger partial charge >= 0.3 is 0 Å². The van der Waals surface area contributed by atoms with Crippen LogP contribution in [0.25, 0.3) is 0 Å². The quantitative estimate of drug-likeness (QED) is 0.690. The molecule has 2 saturated heterocycles. The Kier molecular flexibility index (Phi) is 6.88. The second kappa shape index (κ2) is 9.83. The van der Waals surface area contributed by atoms with Crippen molar-refractivity contribution in [3.63, 3.8) is 0 Å². The van der Waals surface area contributed by atoms with Crippen molar-refractivity contribution in [1.29, 1.82) is 0 Å². The number of anilines is 1. The molecule has 0 aromatic heterocycles. The zero-order valence-corrected chi connectivity index (χ0v) is 19.7. The molecule has 4 atom stereocenters. The highest BCUT2D eigenvalue weighted by Gasteiger charge is 2.43. The molecule has 33 heavy (non-hydrogen) atoms. The minimum atomic E-state index is -0.411. The highest BCUT2D eigenvalue weighted by molar-refractivity contribution is 5.97. The van der Waals surface area contributed by atoms with Crippen molar-refractivity contribution in [2.45, 2.75) is 44.9 Å². The molecule has 0 unspecified atom stereocenters. The fraction of sp³-hybridized carbons (Fsp3) is 0.462. The molecule has 0 N–H and O–H groups in total. The summed E-state index contributed by atoms with van der Waals surface area (Å²) in [5.74, 6) is 1.18. The first kappa shape index (κ1) is 23.1. The summed E-state index contributed by atoms with van der Waals surface area (Å²) in [6, 6.07) is 14.7. The topological polar surface area (TPSA) is 68.3 Å². The second-order valence-corrected chi connectivity index (χ2v) is 8.83. The molecule has 0 radical (unpaired) electrons. The van der Waals surface area contributed by atoms with Gasteiger partial charge in [-0.3, -0.25) is 9.59 Å². The van der Waals surface area contributed by atoms with E-state index in [2.05, 4.69) is 0 Å². The predicted molar refractivity (Wildman–Crippen MR) is 126 cm³/mol.